The fraction of sp³-hybridized carbons (Fsp3) is 0.636. The molecule has 4 saturated carbocycles. The molecule has 4 aliphatic rings. The predicted molar refractivity (Wildman–Crippen MR) is 109 cm³/mol. The number of carbonyl (C=O) groups excluding carboxylic acids is 2. The van der Waals surface area contributed by atoms with Gasteiger partial charge in [0, 0.05) is 24.9 Å². The predicted octanol–water partition coefficient (Wildman–Crippen LogP) is 3.97. The average molecular weight is 451 g/mol. The first-order valence-corrected chi connectivity index (χ1v) is 11.2. The lowest BCUT2D eigenvalue weighted by molar-refractivity contribution is -0.146. The summed E-state index contributed by atoms with van der Waals surface area (Å²) in [6.45, 7) is 0.897. The molecule has 4 aliphatic carbocycles. The summed E-state index contributed by atoms with van der Waals surface area (Å²) in [5.41, 5.74) is 0.810. The number of halogens is 2. The highest BCUT2D eigenvalue weighted by Crippen LogP contribution is 2.60. The maximum Gasteiger partial charge on any atom is 0.226 e. The fourth-order valence-electron chi connectivity index (χ4n) is 6.00. The molecule has 0 atom stereocenters. The third-order valence-corrected chi connectivity index (χ3v) is 7.49. The normalized spacial score (nSPS) is 30.3. The Kier molecular flexibility index (Phi) is 5.77. The molecule has 0 radical (unpaired) electrons. The molecule has 2 N–H and O–H groups in total. The van der Waals surface area contributed by atoms with Crippen LogP contribution in [0.25, 0.3) is 0 Å². The second-order valence-electron chi connectivity index (χ2n) is 9.05. The summed E-state index contributed by atoms with van der Waals surface area (Å²) in [6, 6.07) is 4.87. The minimum absolute atomic E-state index is 0.0630. The van der Waals surface area contributed by atoms with Crippen LogP contribution in [0.15, 0.2) is 22.7 Å². The van der Waals surface area contributed by atoms with Crippen LogP contribution in [0, 0.1) is 29.0 Å². The van der Waals surface area contributed by atoms with E-state index in [1.807, 2.05) is 0 Å². The van der Waals surface area contributed by atoms with E-state index in [1.165, 1.54) is 25.3 Å². The van der Waals surface area contributed by atoms with E-state index in [0.717, 1.165) is 42.6 Å². The lowest BCUT2D eigenvalue weighted by Crippen LogP contribution is -2.53. The van der Waals surface area contributed by atoms with Crippen molar-refractivity contribution in [2.45, 2.75) is 51.4 Å². The van der Waals surface area contributed by atoms with Gasteiger partial charge in [-0.3, -0.25) is 9.59 Å². The van der Waals surface area contributed by atoms with Crippen molar-refractivity contribution >= 4 is 27.7 Å². The molecule has 0 saturated heterocycles. The van der Waals surface area contributed by atoms with Crippen LogP contribution in [0.3, 0.4) is 0 Å². The van der Waals surface area contributed by atoms with Gasteiger partial charge < -0.3 is 10.6 Å². The summed E-state index contributed by atoms with van der Waals surface area (Å²) in [7, 11) is 0. The van der Waals surface area contributed by atoms with Crippen molar-refractivity contribution in [3.8, 4) is 0 Å². The van der Waals surface area contributed by atoms with Gasteiger partial charge in [-0.25, -0.2) is 4.39 Å². The van der Waals surface area contributed by atoms with Crippen LogP contribution < -0.4 is 10.6 Å². The molecule has 1 aromatic carbocycles. The molecule has 6 heteroatoms. The third-order valence-electron chi connectivity index (χ3n) is 6.88. The van der Waals surface area contributed by atoms with Crippen molar-refractivity contribution < 1.29 is 14.0 Å². The Morgan fingerprint density at radius 2 is 1.68 bits per heavy atom. The van der Waals surface area contributed by atoms with Crippen molar-refractivity contribution in [1.82, 2.24) is 10.6 Å². The van der Waals surface area contributed by atoms with Gasteiger partial charge in [-0.15, -0.1) is 0 Å². The molecule has 4 fully saturated rings. The second kappa shape index (κ2) is 8.13. The molecule has 0 aliphatic heterocycles. The van der Waals surface area contributed by atoms with Gasteiger partial charge in [-0.05, 0) is 96.3 Å². The summed E-state index contributed by atoms with van der Waals surface area (Å²) in [4.78, 5) is 24.9. The minimum atomic E-state index is -0.289. The first-order valence-electron chi connectivity index (χ1n) is 10.4. The average Bonchev–Trinajstić information content (AvgIpc) is 2.63. The highest BCUT2D eigenvalue weighted by Gasteiger charge is 2.54. The molecular formula is C22H28BrFN2O2. The van der Waals surface area contributed by atoms with Crippen molar-refractivity contribution in [2.75, 3.05) is 13.1 Å². The zero-order chi connectivity index (χ0) is 19.7. The Hall–Kier alpha value is -1.43. The van der Waals surface area contributed by atoms with Crippen LogP contribution in [0.5, 0.6) is 0 Å². The second-order valence-corrected chi connectivity index (χ2v) is 9.91. The van der Waals surface area contributed by atoms with Crippen molar-refractivity contribution in [3.63, 3.8) is 0 Å². The smallest absolute Gasteiger partial charge is 0.226 e. The zero-order valence-corrected chi connectivity index (χ0v) is 17.7. The number of amides is 2. The first-order chi connectivity index (χ1) is 13.4. The number of hydrogen-bond acceptors (Lipinski definition) is 2. The summed E-state index contributed by atoms with van der Waals surface area (Å²) >= 11 is 3.17. The van der Waals surface area contributed by atoms with Gasteiger partial charge in [0.15, 0.2) is 0 Å². The molecule has 5 rings (SSSR count). The molecule has 152 valence electrons. The minimum Gasteiger partial charge on any atom is -0.356 e. The van der Waals surface area contributed by atoms with Crippen molar-refractivity contribution in [3.05, 3.63) is 34.1 Å². The van der Waals surface area contributed by atoms with Crippen LogP contribution in [-0.2, 0) is 16.0 Å². The van der Waals surface area contributed by atoms with Gasteiger partial charge in [0.2, 0.25) is 11.8 Å². The Labute approximate surface area is 174 Å². The van der Waals surface area contributed by atoms with Crippen LogP contribution in [-0.4, -0.2) is 24.9 Å². The SMILES string of the molecule is O=C(CCNC(=O)C12CC3CC(CC(C3)C1)C2)NCCc1ccc(F)c(Br)c1. The molecule has 0 spiro atoms. The van der Waals surface area contributed by atoms with E-state index in [4.69, 9.17) is 0 Å². The lowest BCUT2D eigenvalue weighted by Gasteiger charge is -2.55. The Morgan fingerprint density at radius 3 is 2.29 bits per heavy atom. The molecule has 4 nitrogen and oxygen atoms in total. The van der Waals surface area contributed by atoms with Gasteiger partial charge in [0.05, 0.1) is 4.47 Å². The molecular weight excluding hydrogens is 423 g/mol. The van der Waals surface area contributed by atoms with Gasteiger partial charge in [-0.2, -0.15) is 0 Å². The summed E-state index contributed by atoms with van der Waals surface area (Å²) in [5.74, 6) is 2.05. The van der Waals surface area contributed by atoms with Crippen LogP contribution in [0.1, 0.15) is 50.5 Å². The monoisotopic (exact) mass is 450 g/mol. The zero-order valence-electron chi connectivity index (χ0n) is 16.1. The van der Waals surface area contributed by atoms with E-state index in [9.17, 15) is 14.0 Å². The standard InChI is InChI=1S/C22H28BrFN2O2/c23-18-10-14(1-2-19(18)24)3-5-25-20(27)4-6-26-21(28)22-11-15-7-16(12-22)9-17(8-15)13-22/h1-2,10,15-17H,3-9,11-13H2,(H,25,27)(H,26,28). The molecule has 1 aromatic rings. The summed E-state index contributed by atoms with van der Waals surface area (Å²) in [5, 5.41) is 5.92. The largest absolute Gasteiger partial charge is 0.356 e. The van der Waals surface area contributed by atoms with Gasteiger partial charge in [0.25, 0.3) is 0 Å². The molecule has 2 amide bonds. The van der Waals surface area contributed by atoms with Crippen LogP contribution in [0.4, 0.5) is 4.39 Å². The fourth-order valence-corrected chi connectivity index (χ4v) is 6.42. The van der Waals surface area contributed by atoms with E-state index in [-0.39, 0.29) is 23.0 Å². The van der Waals surface area contributed by atoms with Crippen molar-refractivity contribution in [2.24, 2.45) is 23.2 Å². The molecule has 4 bridgehead atoms. The van der Waals surface area contributed by atoms with E-state index in [2.05, 4.69) is 26.6 Å². The quantitative estimate of drug-likeness (QED) is 0.659. The topological polar surface area (TPSA) is 58.2 Å². The molecule has 28 heavy (non-hydrogen) atoms. The van der Waals surface area contributed by atoms with E-state index < -0.39 is 0 Å². The summed E-state index contributed by atoms with van der Waals surface area (Å²) < 4.78 is 13.7. The van der Waals surface area contributed by atoms with Crippen molar-refractivity contribution in [1.29, 1.82) is 0 Å². The number of rotatable bonds is 7. The van der Waals surface area contributed by atoms with Gasteiger partial charge in [-0.1, -0.05) is 6.07 Å². The third kappa shape index (κ3) is 4.27. The van der Waals surface area contributed by atoms with Crippen LogP contribution in [0.2, 0.25) is 0 Å². The van der Waals surface area contributed by atoms with Gasteiger partial charge in [0.1, 0.15) is 5.82 Å². The lowest BCUT2D eigenvalue weighted by atomic mass is 9.49. The maximum absolute atomic E-state index is 13.2. The highest BCUT2D eigenvalue weighted by molar-refractivity contribution is 9.10. The van der Waals surface area contributed by atoms with E-state index >= 15 is 0 Å². The van der Waals surface area contributed by atoms with E-state index in [0.29, 0.717) is 30.4 Å². The molecule has 0 aromatic heterocycles. The number of benzene rings is 1. The number of carbonyl (C=O) groups is 2. The number of nitrogens with one attached hydrogen (secondary N) is 2. The van der Waals surface area contributed by atoms with Crippen LogP contribution >= 0.6 is 15.9 Å². The number of hydrogen-bond donors (Lipinski definition) is 2. The highest BCUT2D eigenvalue weighted by atomic mass is 79.9. The first kappa shape index (κ1) is 19.9. The van der Waals surface area contributed by atoms with Gasteiger partial charge >= 0.3 is 0 Å². The Balaban J connectivity index is 1.17. The Bertz CT molecular complexity index is 732. The Morgan fingerprint density at radius 1 is 1.04 bits per heavy atom. The summed E-state index contributed by atoms with van der Waals surface area (Å²) in [6.07, 6.45) is 8.03. The molecule has 0 heterocycles. The van der Waals surface area contributed by atoms with E-state index in [1.54, 1.807) is 12.1 Å². The molecule has 0 unspecified atom stereocenters. The maximum atomic E-state index is 13.2.